The van der Waals surface area contributed by atoms with Gasteiger partial charge in [0.2, 0.25) is 5.91 Å². The lowest BCUT2D eigenvalue weighted by atomic mass is 10.2. The first-order valence-corrected chi connectivity index (χ1v) is 4.94. The molecule has 0 rings (SSSR count). The van der Waals surface area contributed by atoms with Crippen LogP contribution in [0, 0.1) is 5.92 Å². The molecule has 0 spiro atoms. The second-order valence-corrected chi connectivity index (χ2v) is 3.51. The van der Waals surface area contributed by atoms with Crippen molar-refractivity contribution in [2.45, 2.75) is 20.8 Å². The van der Waals surface area contributed by atoms with E-state index in [4.69, 9.17) is 5.73 Å². The third-order valence-corrected chi connectivity index (χ3v) is 1.67. The van der Waals surface area contributed by atoms with E-state index in [1.54, 1.807) is 6.20 Å². The molecule has 0 aliphatic heterocycles. The van der Waals surface area contributed by atoms with E-state index in [2.05, 4.69) is 5.32 Å². The number of nitrogens with one attached hydrogen (secondary N) is 1. The van der Waals surface area contributed by atoms with Crippen LogP contribution in [0.1, 0.15) is 20.8 Å². The number of carbonyl (C=O) groups is 2. The molecule has 3 N–H and O–H groups in total. The van der Waals surface area contributed by atoms with Crippen molar-refractivity contribution in [2.75, 3.05) is 13.1 Å². The molecule has 0 aliphatic carbocycles. The number of hydrogen-bond donors (Lipinski definition) is 2. The normalized spacial score (nSPS) is 10.7. The molecule has 0 radical (unpaired) electrons. The lowest BCUT2D eigenvalue weighted by molar-refractivity contribution is -0.125. The van der Waals surface area contributed by atoms with Crippen LogP contribution in [0.15, 0.2) is 12.3 Å². The van der Waals surface area contributed by atoms with Crippen LogP contribution in [-0.4, -0.2) is 29.9 Å². The molecule has 86 valence electrons. The third kappa shape index (κ3) is 5.85. The van der Waals surface area contributed by atoms with E-state index in [-0.39, 0.29) is 19.0 Å². The van der Waals surface area contributed by atoms with E-state index in [1.807, 2.05) is 19.9 Å². The number of allylic oxidation sites excluding steroid dienone is 1. The van der Waals surface area contributed by atoms with Gasteiger partial charge in [0.1, 0.15) is 0 Å². The topological polar surface area (TPSA) is 75.4 Å². The summed E-state index contributed by atoms with van der Waals surface area (Å²) in [5, 5.41) is 2.51. The van der Waals surface area contributed by atoms with Crippen LogP contribution in [-0.2, 0) is 4.79 Å². The Bertz CT molecular complexity index is 249. The van der Waals surface area contributed by atoms with Crippen LogP contribution in [0.25, 0.3) is 0 Å². The fourth-order valence-corrected chi connectivity index (χ4v) is 0.921. The van der Waals surface area contributed by atoms with E-state index in [0.29, 0.717) is 5.92 Å². The number of amides is 3. The van der Waals surface area contributed by atoms with Crippen LogP contribution in [0.4, 0.5) is 4.79 Å². The molecule has 5 nitrogen and oxygen atoms in total. The molecule has 15 heavy (non-hydrogen) atoms. The second kappa shape index (κ2) is 7.00. The second-order valence-electron chi connectivity index (χ2n) is 3.51. The van der Waals surface area contributed by atoms with Gasteiger partial charge in [-0.25, -0.2) is 4.79 Å². The van der Waals surface area contributed by atoms with Gasteiger partial charge in [-0.3, -0.25) is 9.69 Å². The summed E-state index contributed by atoms with van der Waals surface area (Å²) in [5.41, 5.74) is 5.29. The van der Waals surface area contributed by atoms with E-state index < -0.39 is 6.03 Å². The molecule has 5 heteroatoms. The number of hydrogen-bond acceptors (Lipinski definition) is 3. The summed E-state index contributed by atoms with van der Waals surface area (Å²) in [7, 11) is 0. The van der Waals surface area contributed by atoms with E-state index >= 15 is 0 Å². The highest BCUT2D eigenvalue weighted by molar-refractivity contribution is 5.93. The Labute approximate surface area is 90.3 Å². The highest BCUT2D eigenvalue weighted by atomic mass is 16.2. The fraction of sp³-hybridized carbons (Fsp3) is 0.600. The van der Waals surface area contributed by atoms with Crippen molar-refractivity contribution in [1.82, 2.24) is 10.2 Å². The van der Waals surface area contributed by atoms with Gasteiger partial charge in [-0.1, -0.05) is 19.9 Å². The Morgan fingerprint density at radius 2 is 2.07 bits per heavy atom. The zero-order valence-electron chi connectivity index (χ0n) is 9.49. The maximum Gasteiger partial charge on any atom is 0.328 e. The van der Waals surface area contributed by atoms with Crippen LogP contribution in [0.3, 0.4) is 0 Å². The Hall–Kier alpha value is -1.36. The van der Waals surface area contributed by atoms with Gasteiger partial charge in [-0.15, -0.1) is 0 Å². The molecule has 0 fully saturated rings. The molecule has 0 saturated heterocycles. The average Bonchev–Trinajstić information content (AvgIpc) is 2.12. The Morgan fingerprint density at radius 3 is 2.47 bits per heavy atom. The van der Waals surface area contributed by atoms with Crippen molar-refractivity contribution in [3.05, 3.63) is 12.3 Å². The maximum absolute atomic E-state index is 11.4. The minimum atomic E-state index is -0.440. The molecule has 0 aromatic carbocycles. The van der Waals surface area contributed by atoms with Gasteiger partial charge in [0, 0.05) is 26.2 Å². The van der Waals surface area contributed by atoms with E-state index in [1.165, 1.54) is 6.92 Å². The van der Waals surface area contributed by atoms with Gasteiger partial charge in [-0.2, -0.15) is 0 Å². The van der Waals surface area contributed by atoms with Gasteiger partial charge in [0.25, 0.3) is 0 Å². The van der Waals surface area contributed by atoms with Crippen LogP contribution in [0.2, 0.25) is 0 Å². The molecule has 0 aromatic rings. The maximum atomic E-state index is 11.4. The first-order valence-electron chi connectivity index (χ1n) is 4.94. The number of rotatable bonds is 4. The molecule has 0 aliphatic rings. The number of carbonyl (C=O) groups excluding carboxylic acids is 2. The van der Waals surface area contributed by atoms with Crippen LogP contribution in [0.5, 0.6) is 0 Å². The standard InChI is InChI=1S/C10H19N3O2/c1-8(2)4-6-12-10(15)13(7-5-11)9(3)14/h4,6,8H,5,7,11H2,1-3H3,(H,12,15)/b6-4+. The average molecular weight is 213 g/mol. The number of nitrogens with two attached hydrogens (primary N) is 1. The lowest BCUT2D eigenvalue weighted by Gasteiger charge is -2.17. The first-order chi connectivity index (χ1) is 6.99. The minimum Gasteiger partial charge on any atom is -0.329 e. The van der Waals surface area contributed by atoms with Crippen molar-refractivity contribution in [2.24, 2.45) is 11.7 Å². The fourth-order valence-electron chi connectivity index (χ4n) is 0.921. The smallest absolute Gasteiger partial charge is 0.328 e. The van der Waals surface area contributed by atoms with Gasteiger partial charge >= 0.3 is 6.03 Å². The molecule has 0 atom stereocenters. The Kier molecular flexibility index (Phi) is 6.37. The number of nitrogens with zero attached hydrogens (tertiary/aromatic N) is 1. The monoisotopic (exact) mass is 213 g/mol. The number of imide groups is 1. The van der Waals surface area contributed by atoms with Gasteiger partial charge in [0.15, 0.2) is 0 Å². The zero-order valence-corrected chi connectivity index (χ0v) is 9.49. The molecular formula is C10H19N3O2. The molecule has 0 saturated carbocycles. The quantitative estimate of drug-likeness (QED) is 0.720. The largest absolute Gasteiger partial charge is 0.329 e. The summed E-state index contributed by atoms with van der Waals surface area (Å²) >= 11 is 0. The summed E-state index contributed by atoms with van der Waals surface area (Å²) in [6, 6.07) is -0.440. The Balaban J connectivity index is 4.20. The van der Waals surface area contributed by atoms with E-state index in [0.717, 1.165) is 4.90 Å². The minimum absolute atomic E-state index is 0.233. The lowest BCUT2D eigenvalue weighted by Crippen LogP contribution is -2.43. The molecule has 0 unspecified atom stereocenters. The van der Waals surface area contributed by atoms with Gasteiger partial charge in [0.05, 0.1) is 0 Å². The van der Waals surface area contributed by atoms with E-state index in [9.17, 15) is 9.59 Å². The molecular weight excluding hydrogens is 194 g/mol. The van der Waals surface area contributed by atoms with Crippen molar-refractivity contribution < 1.29 is 9.59 Å². The highest BCUT2D eigenvalue weighted by Gasteiger charge is 2.15. The predicted molar refractivity (Wildman–Crippen MR) is 59.0 cm³/mol. The van der Waals surface area contributed by atoms with Crippen LogP contribution < -0.4 is 11.1 Å². The SMILES string of the molecule is CC(=O)N(CCN)C(=O)N/C=C/C(C)C. The van der Waals surface area contributed by atoms with Crippen molar-refractivity contribution >= 4 is 11.9 Å². The third-order valence-electron chi connectivity index (χ3n) is 1.67. The zero-order chi connectivity index (χ0) is 11.8. The Morgan fingerprint density at radius 1 is 1.47 bits per heavy atom. The molecule has 3 amide bonds. The first kappa shape index (κ1) is 13.6. The molecule has 0 bridgehead atoms. The predicted octanol–water partition coefficient (Wildman–Crippen LogP) is 0.673. The summed E-state index contributed by atoms with van der Waals surface area (Å²) in [4.78, 5) is 23.6. The molecule has 0 heterocycles. The summed E-state index contributed by atoms with van der Waals surface area (Å²) in [6.07, 6.45) is 3.37. The van der Waals surface area contributed by atoms with Crippen molar-refractivity contribution in [3.63, 3.8) is 0 Å². The van der Waals surface area contributed by atoms with Crippen LogP contribution >= 0.6 is 0 Å². The number of urea groups is 1. The summed E-state index contributed by atoms with van der Waals surface area (Å²) in [5.74, 6) is 0.0430. The van der Waals surface area contributed by atoms with Gasteiger partial charge < -0.3 is 11.1 Å². The summed E-state index contributed by atoms with van der Waals surface area (Å²) < 4.78 is 0. The van der Waals surface area contributed by atoms with Gasteiger partial charge in [-0.05, 0) is 5.92 Å². The van der Waals surface area contributed by atoms with Crippen molar-refractivity contribution in [1.29, 1.82) is 0 Å². The summed E-state index contributed by atoms with van der Waals surface area (Å²) in [6.45, 7) is 5.82. The van der Waals surface area contributed by atoms with Crippen molar-refractivity contribution in [3.8, 4) is 0 Å². The highest BCUT2D eigenvalue weighted by Crippen LogP contribution is 1.93. The molecule has 0 aromatic heterocycles.